The third kappa shape index (κ3) is 6.49. The minimum Gasteiger partial charge on any atom is -0.382 e. The van der Waals surface area contributed by atoms with Gasteiger partial charge >= 0.3 is 0 Å². The molecule has 1 saturated carbocycles. The van der Waals surface area contributed by atoms with Crippen molar-refractivity contribution in [2.45, 2.75) is 43.7 Å². The molecule has 1 atom stereocenters. The van der Waals surface area contributed by atoms with Crippen LogP contribution in [0.25, 0.3) is 11.3 Å². The third-order valence-corrected chi connectivity index (χ3v) is 7.19. The van der Waals surface area contributed by atoms with Crippen molar-refractivity contribution in [1.82, 2.24) is 20.6 Å². The number of halogens is 3. The van der Waals surface area contributed by atoms with Crippen LogP contribution in [-0.2, 0) is 4.74 Å². The number of hydrogen-bond donors (Lipinski definition) is 3. The Hall–Kier alpha value is -2.95. The second-order valence-electron chi connectivity index (χ2n) is 9.22. The van der Waals surface area contributed by atoms with Gasteiger partial charge in [0.15, 0.2) is 0 Å². The summed E-state index contributed by atoms with van der Waals surface area (Å²) in [4.78, 5) is 22.0. The van der Waals surface area contributed by atoms with Gasteiger partial charge in [-0.2, -0.15) is 0 Å². The molecule has 0 unspecified atom stereocenters. The lowest BCUT2D eigenvalue weighted by Gasteiger charge is -2.27. The molecule has 1 aliphatic carbocycles. The number of amides is 1. The lowest BCUT2D eigenvalue weighted by Crippen LogP contribution is -2.35. The highest BCUT2D eigenvalue weighted by atomic mass is 79.9. The zero-order chi connectivity index (χ0) is 26.5. The number of nitrogens with zero attached hydrogens (tertiary/aromatic N) is 2. The van der Waals surface area contributed by atoms with E-state index < -0.39 is 23.6 Å². The third-order valence-electron chi connectivity index (χ3n) is 6.73. The number of rotatable bonds is 8. The first kappa shape index (κ1) is 27.1. The van der Waals surface area contributed by atoms with E-state index in [1.807, 2.05) is 0 Å². The largest absolute Gasteiger partial charge is 0.382 e. The van der Waals surface area contributed by atoms with Gasteiger partial charge in [0, 0.05) is 29.6 Å². The fourth-order valence-corrected chi connectivity index (χ4v) is 5.21. The number of nitrogens with one attached hydrogen (secondary N) is 2. The van der Waals surface area contributed by atoms with Gasteiger partial charge in [-0.25, -0.2) is 18.7 Å². The Balaban J connectivity index is 1.54. The molecule has 4 N–H and O–H groups in total. The number of anilines is 1. The van der Waals surface area contributed by atoms with E-state index in [9.17, 15) is 9.18 Å². The van der Waals surface area contributed by atoms with Crippen LogP contribution in [0.15, 0.2) is 47.1 Å². The van der Waals surface area contributed by atoms with Crippen molar-refractivity contribution in [3.05, 3.63) is 75.5 Å². The smallest absolute Gasteiger partial charge is 0.254 e. The number of hydrogen-bond acceptors (Lipinski definition) is 6. The molecule has 10 heteroatoms. The maximum absolute atomic E-state index is 15.2. The van der Waals surface area contributed by atoms with Crippen LogP contribution in [0.1, 0.15) is 59.3 Å². The van der Waals surface area contributed by atoms with Crippen LogP contribution in [0.3, 0.4) is 0 Å². The van der Waals surface area contributed by atoms with E-state index in [2.05, 4.69) is 31.5 Å². The van der Waals surface area contributed by atoms with Gasteiger partial charge in [0.25, 0.3) is 5.91 Å². The molecule has 0 aliphatic heterocycles. The quantitative estimate of drug-likeness (QED) is 0.345. The second kappa shape index (κ2) is 12.1. The number of benzene rings is 2. The lowest BCUT2D eigenvalue weighted by molar-refractivity contribution is 0.0655. The van der Waals surface area contributed by atoms with Crippen molar-refractivity contribution in [2.24, 2.45) is 0 Å². The maximum Gasteiger partial charge on any atom is 0.254 e. The number of methoxy groups -OCH3 is 1. The van der Waals surface area contributed by atoms with E-state index in [-0.39, 0.29) is 23.4 Å². The van der Waals surface area contributed by atoms with Crippen molar-refractivity contribution >= 4 is 27.7 Å². The summed E-state index contributed by atoms with van der Waals surface area (Å²) in [7, 11) is 3.44. The molecule has 4 rings (SSSR count). The first-order chi connectivity index (χ1) is 17.8. The number of nitrogen functional groups attached to an aromatic ring is 1. The minimum atomic E-state index is -0.717. The molecule has 1 amide bonds. The summed E-state index contributed by atoms with van der Waals surface area (Å²) in [6.45, 7) is 0.326. The molecule has 1 heterocycles. The van der Waals surface area contributed by atoms with Gasteiger partial charge in [-0.05, 0) is 68.6 Å². The molecule has 1 fully saturated rings. The van der Waals surface area contributed by atoms with Gasteiger partial charge in [0.05, 0.1) is 29.6 Å². The Morgan fingerprint density at radius 3 is 2.59 bits per heavy atom. The van der Waals surface area contributed by atoms with Gasteiger partial charge in [-0.1, -0.05) is 22.0 Å². The Morgan fingerprint density at radius 2 is 1.95 bits per heavy atom. The Bertz CT molecular complexity index is 1250. The summed E-state index contributed by atoms with van der Waals surface area (Å²) in [5, 5.41) is 5.75. The maximum atomic E-state index is 15.2. The molecule has 1 aromatic heterocycles. The monoisotopic (exact) mass is 573 g/mol. The molecule has 196 valence electrons. The molecule has 0 saturated heterocycles. The van der Waals surface area contributed by atoms with Crippen molar-refractivity contribution in [3.8, 4) is 11.3 Å². The van der Waals surface area contributed by atoms with E-state index in [0.717, 1.165) is 31.4 Å². The molecule has 0 radical (unpaired) electrons. The van der Waals surface area contributed by atoms with Crippen LogP contribution in [0.4, 0.5) is 14.6 Å². The SMILES string of the molecule is CNC[C@@H](NC(=O)c1ccc(-c2nc([C@H]3CC[C@H](OC)CC3)cnc2N)cc1F)c1cc(F)cc(Br)c1. The Kier molecular flexibility index (Phi) is 8.83. The van der Waals surface area contributed by atoms with Gasteiger partial charge in [0.2, 0.25) is 0 Å². The number of carbonyl (C=O) groups excluding carboxylic acids is 1. The summed E-state index contributed by atoms with van der Waals surface area (Å²) in [6, 6.07) is 8.05. The number of aromatic nitrogens is 2. The number of carbonyl (C=O) groups is 1. The average Bonchev–Trinajstić information content (AvgIpc) is 2.88. The summed E-state index contributed by atoms with van der Waals surface area (Å²) in [6.07, 6.45) is 5.70. The van der Waals surface area contributed by atoms with E-state index in [0.29, 0.717) is 27.8 Å². The van der Waals surface area contributed by atoms with Gasteiger partial charge in [0.1, 0.15) is 23.1 Å². The van der Waals surface area contributed by atoms with Crippen LogP contribution in [0.5, 0.6) is 0 Å². The summed E-state index contributed by atoms with van der Waals surface area (Å²) in [5.41, 5.74) is 8.14. The zero-order valence-corrected chi connectivity index (χ0v) is 22.3. The van der Waals surface area contributed by atoms with Crippen LogP contribution in [-0.4, -0.2) is 42.7 Å². The number of likely N-dealkylation sites (N-methyl/N-ethyl adjacent to an activating group) is 1. The lowest BCUT2D eigenvalue weighted by atomic mass is 9.85. The first-order valence-corrected chi connectivity index (χ1v) is 12.9. The van der Waals surface area contributed by atoms with Gasteiger partial charge in [-0.15, -0.1) is 0 Å². The molecule has 0 bridgehead atoms. The van der Waals surface area contributed by atoms with E-state index in [1.165, 1.54) is 24.3 Å². The van der Waals surface area contributed by atoms with Crippen molar-refractivity contribution in [3.63, 3.8) is 0 Å². The highest BCUT2D eigenvalue weighted by Crippen LogP contribution is 2.34. The van der Waals surface area contributed by atoms with Crippen LogP contribution in [0.2, 0.25) is 0 Å². The molecular formula is C27H30BrF2N5O2. The minimum absolute atomic E-state index is 0.138. The topological polar surface area (TPSA) is 102 Å². The van der Waals surface area contributed by atoms with Crippen molar-refractivity contribution in [2.75, 3.05) is 26.4 Å². The van der Waals surface area contributed by atoms with Crippen LogP contribution < -0.4 is 16.4 Å². The summed E-state index contributed by atoms with van der Waals surface area (Å²) < 4.78 is 35.1. The van der Waals surface area contributed by atoms with E-state index in [4.69, 9.17) is 15.5 Å². The standard InChI is InChI=1S/C27H30BrF2N5O2/c1-32-13-23(17-9-18(28)12-19(29)10-17)35-27(36)21-8-5-16(11-22(21)30)25-26(31)33-14-24(34-25)15-3-6-20(37-2)7-4-15/h5,8-12,14-15,20,23,32H,3-4,6-7,13H2,1-2H3,(H2,31,33)(H,35,36)/t15-,20-,23-/m1/s1. The highest BCUT2D eigenvalue weighted by Gasteiger charge is 2.25. The van der Waals surface area contributed by atoms with Crippen molar-refractivity contribution < 1.29 is 18.3 Å². The summed E-state index contributed by atoms with van der Waals surface area (Å²) in [5.74, 6) is -1.35. The fraction of sp³-hybridized carbons (Fsp3) is 0.370. The molecule has 7 nitrogen and oxygen atoms in total. The number of ether oxygens (including phenoxy) is 1. The molecule has 3 aromatic rings. The van der Waals surface area contributed by atoms with Crippen LogP contribution >= 0.6 is 15.9 Å². The van der Waals surface area contributed by atoms with Crippen LogP contribution in [0, 0.1) is 11.6 Å². The average molecular weight is 574 g/mol. The second-order valence-corrected chi connectivity index (χ2v) is 10.1. The van der Waals surface area contributed by atoms with Gasteiger partial charge in [-0.3, -0.25) is 4.79 Å². The predicted molar refractivity (Wildman–Crippen MR) is 142 cm³/mol. The summed E-state index contributed by atoms with van der Waals surface area (Å²) >= 11 is 3.27. The predicted octanol–water partition coefficient (Wildman–Crippen LogP) is 5.13. The molecular weight excluding hydrogens is 544 g/mol. The van der Waals surface area contributed by atoms with E-state index in [1.54, 1.807) is 32.5 Å². The normalized spacial score (nSPS) is 18.4. The van der Waals surface area contributed by atoms with Crippen molar-refractivity contribution in [1.29, 1.82) is 0 Å². The molecule has 37 heavy (non-hydrogen) atoms. The fourth-order valence-electron chi connectivity index (χ4n) is 4.73. The van der Waals surface area contributed by atoms with Gasteiger partial charge < -0.3 is 21.1 Å². The number of nitrogens with two attached hydrogens (primary N) is 1. The first-order valence-electron chi connectivity index (χ1n) is 12.2. The molecule has 0 spiro atoms. The highest BCUT2D eigenvalue weighted by molar-refractivity contribution is 9.10. The molecule has 2 aromatic carbocycles. The van der Waals surface area contributed by atoms with E-state index >= 15 is 4.39 Å². The Labute approximate surface area is 223 Å². The molecule has 1 aliphatic rings. The Morgan fingerprint density at radius 1 is 1.19 bits per heavy atom. The zero-order valence-electron chi connectivity index (χ0n) is 20.7.